The van der Waals surface area contributed by atoms with Crippen molar-refractivity contribution < 1.29 is 14.8 Å². The van der Waals surface area contributed by atoms with Crippen LogP contribution in [0.3, 0.4) is 0 Å². The van der Waals surface area contributed by atoms with Gasteiger partial charge in [0.25, 0.3) is 5.69 Å². The number of non-ortho nitro benzene ring substituents is 1. The van der Waals surface area contributed by atoms with Crippen LogP contribution in [-0.2, 0) is 0 Å². The number of nitrogens with two attached hydrogens (primary N) is 2. The number of phenolic OH excluding ortho intramolecular Hbond substituents is 1. The van der Waals surface area contributed by atoms with Gasteiger partial charge < -0.3 is 21.3 Å². The summed E-state index contributed by atoms with van der Waals surface area (Å²) in [5.41, 5.74) is 11.2. The lowest BCUT2D eigenvalue weighted by molar-refractivity contribution is -0.385. The monoisotopic (exact) mass is 241 g/mol. The van der Waals surface area contributed by atoms with Crippen molar-refractivity contribution >= 4 is 5.69 Å². The van der Waals surface area contributed by atoms with Crippen LogP contribution in [0.25, 0.3) is 0 Å². The van der Waals surface area contributed by atoms with Crippen LogP contribution >= 0.6 is 0 Å². The Labute approximate surface area is 98.1 Å². The van der Waals surface area contributed by atoms with E-state index >= 15 is 0 Å². The van der Waals surface area contributed by atoms with E-state index in [2.05, 4.69) is 0 Å². The van der Waals surface area contributed by atoms with Gasteiger partial charge in [-0.25, -0.2) is 0 Å². The molecule has 0 saturated heterocycles. The molecule has 1 atom stereocenters. The molecule has 94 valence electrons. The van der Waals surface area contributed by atoms with Crippen molar-refractivity contribution in [3.63, 3.8) is 0 Å². The van der Waals surface area contributed by atoms with E-state index in [9.17, 15) is 15.2 Å². The van der Waals surface area contributed by atoms with Gasteiger partial charge in [-0.1, -0.05) is 0 Å². The summed E-state index contributed by atoms with van der Waals surface area (Å²) in [6.45, 7) is 0.325. The molecule has 1 rings (SSSR count). The number of hydrogen-bond acceptors (Lipinski definition) is 6. The highest BCUT2D eigenvalue weighted by Gasteiger charge is 2.20. The van der Waals surface area contributed by atoms with Crippen LogP contribution in [0.15, 0.2) is 12.1 Å². The van der Waals surface area contributed by atoms with E-state index in [1.807, 2.05) is 0 Å². The molecule has 0 unspecified atom stereocenters. The zero-order valence-electron chi connectivity index (χ0n) is 9.42. The first-order chi connectivity index (χ1) is 8.01. The fraction of sp³-hybridized carbons (Fsp3) is 0.400. The number of aromatic hydroxyl groups is 1. The molecule has 0 amide bonds. The average Bonchev–Trinajstić information content (AvgIpc) is 2.29. The molecule has 1 aromatic rings. The molecule has 5 N–H and O–H groups in total. The standard InChI is InChI=1S/C10H15N3O4/c1-17-9-5-6(13(15)16)4-7(10(9)14)8(12)2-3-11/h4-5,8,14H,2-3,11-12H2,1H3/t8-/m0/s1. The predicted octanol–water partition coefficient (Wildman–Crippen LogP) is 0.658. The van der Waals surface area contributed by atoms with E-state index in [1.54, 1.807) is 0 Å². The summed E-state index contributed by atoms with van der Waals surface area (Å²) in [5, 5.41) is 20.5. The van der Waals surface area contributed by atoms with Gasteiger partial charge in [-0.05, 0) is 13.0 Å². The number of methoxy groups -OCH3 is 1. The Morgan fingerprint density at radius 2 is 2.24 bits per heavy atom. The SMILES string of the molecule is COc1cc([N+](=O)[O-])cc([C@@H](N)CCN)c1O. The van der Waals surface area contributed by atoms with Crippen LogP contribution in [-0.4, -0.2) is 23.7 Å². The zero-order chi connectivity index (χ0) is 13.0. The topological polar surface area (TPSA) is 125 Å². The summed E-state index contributed by atoms with van der Waals surface area (Å²) >= 11 is 0. The second-order valence-electron chi connectivity index (χ2n) is 3.53. The lowest BCUT2D eigenvalue weighted by Gasteiger charge is -2.14. The maximum absolute atomic E-state index is 10.7. The first-order valence-electron chi connectivity index (χ1n) is 5.02. The van der Waals surface area contributed by atoms with Crippen LogP contribution in [0.2, 0.25) is 0 Å². The van der Waals surface area contributed by atoms with Crippen molar-refractivity contribution in [3.05, 3.63) is 27.8 Å². The Morgan fingerprint density at radius 3 is 2.71 bits per heavy atom. The van der Waals surface area contributed by atoms with Crippen LogP contribution in [0, 0.1) is 10.1 Å². The van der Waals surface area contributed by atoms with Gasteiger partial charge in [0.05, 0.1) is 18.1 Å². The molecule has 0 fully saturated rings. The van der Waals surface area contributed by atoms with Gasteiger partial charge in [-0.3, -0.25) is 10.1 Å². The van der Waals surface area contributed by atoms with Crippen LogP contribution < -0.4 is 16.2 Å². The molecule has 0 heterocycles. The summed E-state index contributed by atoms with van der Waals surface area (Å²) in [6.07, 6.45) is 0.415. The van der Waals surface area contributed by atoms with E-state index in [4.69, 9.17) is 16.2 Å². The number of benzene rings is 1. The molecule has 0 radical (unpaired) electrons. The maximum atomic E-state index is 10.7. The minimum atomic E-state index is -0.569. The van der Waals surface area contributed by atoms with E-state index in [0.717, 1.165) is 6.07 Å². The molecular formula is C10H15N3O4. The average molecular weight is 241 g/mol. The Kier molecular flexibility index (Phi) is 4.24. The summed E-state index contributed by atoms with van der Waals surface area (Å²) in [7, 11) is 1.32. The molecule has 0 aromatic heterocycles. The van der Waals surface area contributed by atoms with Crippen molar-refractivity contribution in [2.75, 3.05) is 13.7 Å². The Bertz CT molecular complexity index is 422. The van der Waals surface area contributed by atoms with E-state index < -0.39 is 11.0 Å². The van der Waals surface area contributed by atoms with Crippen molar-refractivity contribution in [1.29, 1.82) is 0 Å². The van der Waals surface area contributed by atoms with Crippen molar-refractivity contribution in [3.8, 4) is 11.5 Å². The lowest BCUT2D eigenvalue weighted by atomic mass is 10.0. The van der Waals surface area contributed by atoms with E-state index in [1.165, 1.54) is 13.2 Å². The van der Waals surface area contributed by atoms with Crippen LogP contribution in [0.5, 0.6) is 11.5 Å². The molecule has 1 aromatic carbocycles. The molecule has 17 heavy (non-hydrogen) atoms. The first-order valence-corrected chi connectivity index (χ1v) is 5.02. The number of ether oxygens (including phenoxy) is 1. The normalized spacial score (nSPS) is 12.2. The third kappa shape index (κ3) is 2.83. The van der Waals surface area contributed by atoms with Crippen molar-refractivity contribution in [2.45, 2.75) is 12.5 Å². The Balaban J connectivity index is 3.27. The molecule has 7 nitrogen and oxygen atoms in total. The number of hydrogen-bond donors (Lipinski definition) is 3. The van der Waals surface area contributed by atoms with Gasteiger partial charge in [0.2, 0.25) is 0 Å². The highest BCUT2D eigenvalue weighted by molar-refractivity contribution is 5.54. The fourth-order valence-electron chi connectivity index (χ4n) is 1.49. The summed E-state index contributed by atoms with van der Waals surface area (Å²) in [5.74, 6) is -0.152. The van der Waals surface area contributed by atoms with Crippen molar-refractivity contribution in [2.24, 2.45) is 11.5 Å². The lowest BCUT2D eigenvalue weighted by Crippen LogP contribution is -2.15. The smallest absolute Gasteiger partial charge is 0.273 e. The number of phenols is 1. The number of nitro groups is 1. The largest absolute Gasteiger partial charge is 0.504 e. The van der Waals surface area contributed by atoms with Crippen molar-refractivity contribution in [1.82, 2.24) is 0 Å². The quantitative estimate of drug-likeness (QED) is 0.513. The minimum absolute atomic E-state index is 0.0293. The molecule has 0 aliphatic carbocycles. The van der Waals surface area contributed by atoms with Gasteiger partial charge >= 0.3 is 0 Å². The van der Waals surface area contributed by atoms with Gasteiger partial charge in [-0.2, -0.15) is 0 Å². The van der Waals surface area contributed by atoms with E-state index in [0.29, 0.717) is 13.0 Å². The molecule has 0 spiro atoms. The fourth-order valence-corrected chi connectivity index (χ4v) is 1.49. The highest BCUT2D eigenvalue weighted by Crippen LogP contribution is 2.37. The Hall–Kier alpha value is -1.86. The third-order valence-corrected chi connectivity index (χ3v) is 2.40. The van der Waals surface area contributed by atoms with Gasteiger partial charge in [0.15, 0.2) is 11.5 Å². The van der Waals surface area contributed by atoms with Gasteiger partial charge in [-0.15, -0.1) is 0 Å². The summed E-state index contributed by atoms with van der Waals surface area (Å²) in [4.78, 5) is 10.1. The molecule has 0 saturated carbocycles. The summed E-state index contributed by atoms with van der Waals surface area (Å²) < 4.78 is 4.86. The zero-order valence-corrected chi connectivity index (χ0v) is 9.42. The van der Waals surface area contributed by atoms with Crippen LogP contribution in [0.4, 0.5) is 5.69 Å². The number of rotatable bonds is 5. The molecular weight excluding hydrogens is 226 g/mol. The van der Waals surface area contributed by atoms with Gasteiger partial charge in [0.1, 0.15) is 0 Å². The second-order valence-corrected chi connectivity index (χ2v) is 3.53. The number of nitrogens with zero attached hydrogens (tertiary/aromatic N) is 1. The predicted molar refractivity (Wildman–Crippen MR) is 61.9 cm³/mol. The number of nitro benzene ring substituents is 1. The highest BCUT2D eigenvalue weighted by atomic mass is 16.6. The molecule has 0 bridgehead atoms. The van der Waals surface area contributed by atoms with Gasteiger partial charge in [0, 0.05) is 17.7 Å². The minimum Gasteiger partial charge on any atom is -0.504 e. The second kappa shape index (κ2) is 5.46. The molecule has 0 aliphatic heterocycles. The molecule has 7 heteroatoms. The van der Waals surface area contributed by atoms with E-state index in [-0.39, 0.29) is 22.7 Å². The Morgan fingerprint density at radius 1 is 1.59 bits per heavy atom. The summed E-state index contributed by atoms with van der Waals surface area (Å²) in [6, 6.07) is 1.82. The third-order valence-electron chi connectivity index (χ3n) is 2.40. The first kappa shape index (κ1) is 13.2. The molecule has 0 aliphatic rings. The van der Waals surface area contributed by atoms with Crippen LogP contribution in [0.1, 0.15) is 18.0 Å². The maximum Gasteiger partial charge on any atom is 0.273 e.